The van der Waals surface area contributed by atoms with Gasteiger partial charge in [-0.25, -0.2) is 4.39 Å². The third-order valence-electron chi connectivity index (χ3n) is 3.65. The summed E-state index contributed by atoms with van der Waals surface area (Å²) in [4.78, 5) is 0. The minimum atomic E-state index is -0.961. The Kier molecular flexibility index (Phi) is 2.90. The monoisotopic (exact) mass is 238 g/mol. The second-order valence-corrected chi connectivity index (χ2v) is 5.72. The number of hydrogen-bond donors (Lipinski definition) is 1. The lowest BCUT2D eigenvalue weighted by Gasteiger charge is -2.27. The molecule has 2 nitrogen and oxygen atoms in total. The Morgan fingerprint density at radius 2 is 2.00 bits per heavy atom. The van der Waals surface area contributed by atoms with Gasteiger partial charge in [0.1, 0.15) is 11.6 Å². The molecule has 2 rings (SSSR count). The number of hydrogen-bond acceptors (Lipinski definition) is 2. The molecule has 0 amide bonds. The van der Waals surface area contributed by atoms with E-state index >= 15 is 0 Å². The molecule has 1 aliphatic carbocycles. The van der Waals surface area contributed by atoms with Crippen LogP contribution in [-0.4, -0.2) is 12.2 Å². The molecule has 1 saturated carbocycles. The summed E-state index contributed by atoms with van der Waals surface area (Å²) < 4.78 is 18.6. The van der Waals surface area contributed by atoms with Gasteiger partial charge >= 0.3 is 0 Å². The third kappa shape index (κ3) is 2.29. The zero-order valence-corrected chi connectivity index (χ0v) is 10.6. The zero-order chi connectivity index (χ0) is 12.7. The number of halogens is 1. The van der Waals surface area contributed by atoms with Crippen molar-refractivity contribution in [1.29, 1.82) is 0 Å². The topological polar surface area (TPSA) is 29.5 Å². The van der Waals surface area contributed by atoms with Gasteiger partial charge in [-0.05, 0) is 42.9 Å². The fraction of sp³-hybridized carbons (Fsp3) is 0.571. The maximum Gasteiger partial charge on any atom is 0.125 e. The van der Waals surface area contributed by atoms with E-state index in [1.807, 2.05) is 0 Å². The predicted molar refractivity (Wildman–Crippen MR) is 64.5 cm³/mol. The van der Waals surface area contributed by atoms with Crippen LogP contribution < -0.4 is 4.74 Å². The predicted octanol–water partition coefficient (Wildman–Crippen LogP) is 3.23. The van der Waals surface area contributed by atoms with Crippen LogP contribution in [0, 0.1) is 11.2 Å². The van der Waals surface area contributed by atoms with E-state index in [1.54, 1.807) is 13.2 Å². The Morgan fingerprint density at radius 1 is 1.29 bits per heavy atom. The lowest BCUT2D eigenvalue weighted by atomic mass is 9.85. The van der Waals surface area contributed by atoms with Gasteiger partial charge in [0, 0.05) is 5.56 Å². The summed E-state index contributed by atoms with van der Waals surface area (Å²) in [7, 11) is 1.54. The zero-order valence-electron chi connectivity index (χ0n) is 10.6. The molecular weight excluding hydrogens is 219 g/mol. The van der Waals surface area contributed by atoms with Crippen molar-refractivity contribution in [1.82, 2.24) is 0 Å². The number of aliphatic hydroxyl groups is 1. The Bertz CT molecular complexity index is 428. The van der Waals surface area contributed by atoms with Crippen molar-refractivity contribution in [3.8, 4) is 5.75 Å². The summed E-state index contributed by atoms with van der Waals surface area (Å²) in [5, 5.41) is 10.7. The van der Waals surface area contributed by atoms with Crippen molar-refractivity contribution >= 4 is 0 Å². The molecule has 1 aliphatic rings. The Balaban J connectivity index is 2.43. The number of rotatable bonds is 2. The van der Waals surface area contributed by atoms with Crippen LogP contribution in [0.3, 0.4) is 0 Å². The molecule has 1 atom stereocenters. The minimum Gasteiger partial charge on any atom is -0.496 e. The normalized spacial score (nSPS) is 27.1. The molecule has 1 fully saturated rings. The molecule has 3 heteroatoms. The first kappa shape index (κ1) is 12.4. The standard InChI is InChI=1S/C14H19FO2/c1-13(2)6-7-14(16,9-13)11-8-10(15)4-5-12(11)17-3/h4-5,8,16H,6-7,9H2,1-3H3. The van der Waals surface area contributed by atoms with Gasteiger partial charge in [-0.2, -0.15) is 0 Å². The number of ether oxygens (including phenoxy) is 1. The van der Waals surface area contributed by atoms with Crippen LogP contribution in [0.4, 0.5) is 4.39 Å². The van der Waals surface area contributed by atoms with E-state index in [9.17, 15) is 9.50 Å². The van der Waals surface area contributed by atoms with Gasteiger partial charge in [-0.15, -0.1) is 0 Å². The summed E-state index contributed by atoms with van der Waals surface area (Å²) in [5.74, 6) is 0.227. The molecule has 1 aromatic rings. The van der Waals surface area contributed by atoms with Crippen LogP contribution in [0.15, 0.2) is 18.2 Å². The summed E-state index contributed by atoms with van der Waals surface area (Å²) >= 11 is 0. The van der Waals surface area contributed by atoms with E-state index in [4.69, 9.17) is 4.74 Å². The highest BCUT2D eigenvalue weighted by Crippen LogP contribution is 2.50. The van der Waals surface area contributed by atoms with Gasteiger partial charge < -0.3 is 9.84 Å². The maximum atomic E-state index is 13.3. The maximum absolute atomic E-state index is 13.3. The molecule has 0 saturated heterocycles. The van der Waals surface area contributed by atoms with Crippen molar-refractivity contribution in [3.05, 3.63) is 29.6 Å². The highest BCUT2D eigenvalue weighted by molar-refractivity contribution is 5.39. The lowest BCUT2D eigenvalue weighted by Crippen LogP contribution is -2.24. The van der Waals surface area contributed by atoms with Crippen LogP contribution in [0.2, 0.25) is 0 Å². The molecule has 0 aliphatic heterocycles. The first-order valence-electron chi connectivity index (χ1n) is 5.93. The van der Waals surface area contributed by atoms with Gasteiger partial charge in [-0.3, -0.25) is 0 Å². The van der Waals surface area contributed by atoms with Crippen molar-refractivity contribution in [3.63, 3.8) is 0 Å². The average molecular weight is 238 g/mol. The lowest BCUT2D eigenvalue weighted by molar-refractivity contribution is 0.0312. The Morgan fingerprint density at radius 3 is 2.53 bits per heavy atom. The van der Waals surface area contributed by atoms with Crippen molar-refractivity contribution in [2.75, 3.05) is 7.11 Å². The summed E-state index contributed by atoms with van der Waals surface area (Å²) in [6, 6.07) is 4.32. The average Bonchev–Trinajstić information content (AvgIpc) is 2.54. The molecular formula is C14H19FO2. The van der Waals surface area contributed by atoms with Crippen molar-refractivity contribution in [2.45, 2.75) is 38.7 Å². The summed E-state index contributed by atoms with van der Waals surface area (Å²) in [5.41, 5.74) is -0.297. The van der Waals surface area contributed by atoms with E-state index in [1.165, 1.54) is 12.1 Å². The van der Waals surface area contributed by atoms with E-state index in [2.05, 4.69) is 13.8 Å². The van der Waals surface area contributed by atoms with Gasteiger partial charge in [0.25, 0.3) is 0 Å². The highest BCUT2D eigenvalue weighted by Gasteiger charge is 2.44. The van der Waals surface area contributed by atoms with Gasteiger partial charge in [-0.1, -0.05) is 13.8 Å². The van der Waals surface area contributed by atoms with Crippen LogP contribution in [0.25, 0.3) is 0 Å². The highest BCUT2D eigenvalue weighted by atomic mass is 19.1. The van der Waals surface area contributed by atoms with Gasteiger partial charge in [0.15, 0.2) is 0 Å². The fourth-order valence-corrected chi connectivity index (χ4v) is 2.79. The van der Waals surface area contributed by atoms with E-state index in [0.29, 0.717) is 24.2 Å². The molecule has 0 bridgehead atoms. The first-order valence-corrected chi connectivity index (χ1v) is 5.93. The Labute approximate surface area is 101 Å². The number of methoxy groups -OCH3 is 1. The van der Waals surface area contributed by atoms with E-state index < -0.39 is 5.60 Å². The van der Waals surface area contributed by atoms with E-state index in [-0.39, 0.29) is 11.2 Å². The van der Waals surface area contributed by atoms with Gasteiger partial charge in [0.2, 0.25) is 0 Å². The van der Waals surface area contributed by atoms with Crippen LogP contribution in [0.5, 0.6) is 5.75 Å². The van der Waals surface area contributed by atoms with Crippen molar-refractivity contribution in [2.24, 2.45) is 5.41 Å². The second kappa shape index (κ2) is 3.98. The smallest absolute Gasteiger partial charge is 0.125 e. The molecule has 94 valence electrons. The summed E-state index contributed by atoms with van der Waals surface area (Å²) in [6.07, 6.45) is 2.22. The second-order valence-electron chi connectivity index (χ2n) is 5.72. The molecule has 1 unspecified atom stereocenters. The molecule has 0 spiro atoms. The van der Waals surface area contributed by atoms with Crippen LogP contribution >= 0.6 is 0 Å². The number of benzene rings is 1. The largest absolute Gasteiger partial charge is 0.496 e. The molecule has 0 radical (unpaired) electrons. The van der Waals surface area contributed by atoms with Gasteiger partial charge in [0.05, 0.1) is 12.7 Å². The van der Waals surface area contributed by atoms with Crippen LogP contribution in [-0.2, 0) is 5.60 Å². The van der Waals surface area contributed by atoms with Crippen LogP contribution in [0.1, 0.15) is 38.7 Å². The molecule has 17 heavy (non-hydrogen) atoms. The van der Waals surface area contributed by atoms with Crippen molar-refractivity contribution < 1.29 is 14.2 Å². The molecule has 1 N–H and O–H groups in total. The minimum absolute atomic E-state index is 0.0894. The van der Waals surface area contributed by atoms with E-state index in [0.717, 1.165) is 6.42 Å². The third-order valence-corrected chi connectivity index (χ3v) is 3.65. The molecule has 0 heterocycles. The molecule has 1 aromatic carbocycles. The Hall–Kier alpha value is -1.09. The SMILES string of the molecule is COc1ccc(F)cc1C1(O)CCC(C)(C)C1. The molecule has 0 aromatic heterocycles. The quantitative estimate of drug-likeness (QED) is 0.857. The fourth-order valence-electron chi connectivity index (χ4n) is 2.79. The summed E-state index contributed by atoms with van der Waals surface area (Å²) in [6.45, 7) is 4.24. The first-order chi connectivity index (χ1) is 7.86.